The summed E-state index contributed by atoms with van der Waals surface area (Å²) in [6, 6.07) is 0. The van der Waals surface area contributed by atoms with Crippen molar-refractivity contribution in [2.24, 2.45) is 45.3 Å². The van der Waals surface area contributed by atoms with E-state index in [4.69, 9.17) is 37.9 Å². The summed E-state index contributed by atoms with van der Waals surface area (Å²) in [7, 11) is 0. The van der Waals surface area contributed by atoms with Crippen molar-refractivity contribution in [2.75, 3.05) is 26.4 Å². The van der Waals surface area contributed by atoms with Gasteiger partial charge in [0.15, 0.2) is 25.2 Å². The summed E-state index contributed by atoms with van der Waals surface area (Å²) in [4.78, 5) is 15.2. The molecule has 4 saturated heterocycles. The van der Waals surface area contributed by atoms with Gasteiger partial charge >= 0.3 is 0 Å². The van der Waals surface area contributed by atoms with Crippen LogP contribution in [0.25, 0.3) is 0 Å². The maximum absolute atomic E-state index is 15.2. The molecule has 29 atom stereocenters. The van der Waals surface area contributed by atoms with Gasteiger partial charge in [-0.15, -0.1) is 0 Å². The van der Waals surface area contributed by atoms with Gasteiger partial charge < -0.3 is 114 Å². The second kappa shape index (κ2) is 23.5. The second-order valence-electron chi connectivity index (χ2n) is 25.7. The first kappa shape index (κ1) is 62.5. The Morgan fingerprint density at radius 1 is 0.615 bits per heavy atom. The van der Waals surface area contributed by atoms with Crippen molar-refractivity contribution in [2.45, 2.75) is 247 Å². The lowest BCUT2D eigenvalue weighted by molar-refractivity contribution is -0.375. The molecule has 0 bridgehead atoms. The highest BCUT2D eigenvalue weighted by atomic mass is 16.8. The molecule has 450 valence electrons. The Hall–Kier alpha value is -1.51. The van der Waals surface area contributed by atoms with Crippen LogP contribution in [0.4, 0.5) is 0 Å². The summed E-state index contributed by atoms with van der Waals surface area (Å²) < 4.78 is 47.4. The third-order valence-electron chi connectivity index (χ3n) is 20.5. The highest BCUT2D eigenvalue weighted by Gasteiger charge is 2.71. The first-order valence-electron chi connectivity index (χ1n) is 27.9. The van der Waals surface area contributed by atoms with Gasteiger partial charge in [0.05, 0.1) is 44.2 Å². The first-order chi connectivity index (χ1) is 36.4. The predicted octanol–water partition coefficient (Wildman–Crippen LogP) is -3.02. The molecule has 0 aromatic heterocycles. The van der Waals surface area contributed by atoms with E-state index in [1.54, 1.807) is 13.8 Å². The summed E-state index contributed by atoms with van der Waals surface area (Å²) in [5.41, 5.74) is -2.59. The molecule has 4 aliphatic heterocycles. The SMILES string of the molecule is C[C@H](CC[C@@H](O[C@@H]1O[C@H](CO)[C@@H](O)[C@H](O)[C@H]1O[C@H]1O[C@@H](CO)[C@H](O)[C@@H](O)[C@@H]1O)C(C)(C)O)C1CC[C@@]2(C)C3CC=C4C(CC[C@H](O[C@@H]5O[C@H](CO[C@@H]6O[C@H](CO)[C@@H](O)[C@H](O)[C@H]6O)[C@@H](O)[C@H](O)[C@H]5O)C4(C)C)[C@]3(C)C(=O)C[C@]12C. The highest BCUT2D eigenvalue weighted by Crippen LogP contribution is 2.74. The Morgan fingerprint density at radius 3 is 1.68 bits per heavy atom. The topological polar surface area (TPSA) is 394 Å². The summed E-state index contributed by atoms with van der Waals surface area (Å²) >= 11 is 0. The third kappa shape index (κ3) is 10.9. The maximum atomic E-state index is 15.2. The van der Waals surface area contributed by atoms with Gasteiger partial charge in [-0.2, -0.15) is 0 Å². The molecular formula is C54H90O24. The molecule has 8 aliphatic rings. The van der Waals surface area contributed by atoms with Gasteiger partial charge in [0.25, 0.3) is 0 Å². The van der Waals surface area contributed by atoms with Gasteiger partial charge in [-0.25, -0.2) is 0 Å². The zero-order chi connectivity index (χ0) is 57.5. The van der Waals surface area contributed by atoms with Crippen LogP contribution in [0.2, 0.25) is 0 Å². The lowest BCUT2D eigenvalue weighted by Crippen LogP contribution is -2.65. The normalized spacial score (nSPS) is 50.5. The van der Waals surface area contributed by atoms with Gasteiger partial charge in [-0.3, -0.25) is 4.79 Å². The lowest BCUT2D eigenvalue weighted by Gasteiger charge is -2.65. The van der Waals surface area contributed by atoms with Gasteiger partial charge in [0.2, 0.25) is 0 Å². The number of fused-ring (bicyclic) bond motifs is 5. The van der Waals surface area contributed by atoms with Crippen molar-refractivity contribution in [3.8, 4) is 0 Å². The summed E-state index contributed by atoms with van der Waals surface area (Å²) in [6.07, 6.45) is -26.9. The monoisotopic (exact) mass is 1120 g/mol. The molecule has 4 aliphatic carbocycles. The van der Waals surface area contributed by atoms with E-state index < -0.39 is 183 Å². The Labute approximate surface area is 454 Å². The van der Waals surface area contributed by atoms with E-state index in [0.717, 1.165) is 18.4 Å². The van der Waals surface area contributed by atoms with Crippen LogP contribution in [0.15, 0.2) is 11.6 Å². The van der Waals surface area contributed by atoms with Gasteiger partial charge in [-0.05, 0) is 93.3 Å². The molecule has 0 aromatic carbocycles. The van der Waals surface area contributed by atoms with Crippen molar-refractivity contribution in [1.29, 1.82) is 0 Å². The van der Waals surface area contributed by atoms with Gasteiger partial charge in [0, 0.05) is 17.3 Å². The third-order valence-corrected chi connectivity index (χ3v) is 20.5. The zero-order valence-electron chi connectivity index (χ0n) is 46.0. The number of hydrogen-bond donors (Lipinski definition) is 15. The molecule has 4 heterocycles. The molecule has 0 radical (unpaired) electrons. The van der Waals surface area contributed by atoms with E-state index in [1.165, 1.54) is 0 Å². The van der Waals surface area contributed by atoms with Crippen molar-refractivity contribution < 1.29 is 119 Å². The molecule has 0 aromatic rings. The van der Waals surface area contributed by atoms with Crippen LogP contribution in [0.5, 0.6) is 0 Å². The molecule has 0 amide bonds. The lowest BCUT2D eigenvalue weighted by atomic mass is 9.38. The van der Waals surface area contributed by atoms with Crippen molar-refractivity contribution in [3.63, 3.8) is 0 Å². The predicted molar refractivity (Wildman–Crippen MR) is 267 cm³/mol. The fraction of sp³-hybridized carbons (Fsp3) is 0.944. The van der Waals surface area contributed by atoms with Gasteiger partial charge in [-0.1, -0.05) is 53.2 Å². The highest BCUT2D eigenvalue weighted by molar-refractivity contribution is 5.88. The second-order valence-corrected chi connectivity index (χ2v) is 25.7. The van der Waals surface area contributed by atoms with Crippen LogP contribution in [-0.2, 0) is 42.7 Å². The summed E-state index contributed by atoms with van der Waals surface area (Å²) in [6.45, 7) is 13.3. The van der Waals surface area contributed by atoms with E-state index in [0.29, 0.717) is 32.1 Å². The molecule has 24 heteroatoms. The molecule has 3 unspecified atom stereocenters. The average molecular weight is 1120 g/mol. The van der Waals surface area contributed by atoms with E-state index in [2.05, 4.69) is 33.8 Å². The number of allylic oxidation sites excluding steroid dienone is 1. The van der Waals surface area contributed by atoms with Crippen molar-refractivity contribution in [1.82, 2.24) is 0 Å². The van der Waals surface area contributed by atoms with Crippen LogP contribution in [0.3, 0.4) is 0 Å². The minimum atomic E-state index is -1.86. The standard InChI is InChI=1S/C54H90O24/c1-22(9-13-33(51(4,5)70)77-49-45(41(66)36(61)28(20-57)74-49)78-48-44(69)39(64)35(60)27(19-56)73-48)23-15-16-52(6)30-12-10-24-25(54(30,8)31(58)17-53(23,52)7)11-14-32(50(24,2)3)76-47-43(68)40(65)37(62)29(75-47)21-71-46-42(67)38(63)34(59)26(18-55)72-46/h10,22-23,25-30,32-49,55-57,59-70H,9,11-21H2,1-8H3/t22-,23?,25?,26-,27+,28-,29-,30?,32+,33-,34-,35+,36-,37-,38+,39-,40+,41+,42-,43-,44+,45-,46-,47+,48-,49+,52+,53-,54+/m1/s1. The number of aliphatic hydroxyl groups excluding tert-OH is 14. The first-order valence-corrected chi connectivity index (χ1v) is 27.9. The number of rotatable bonds is 17. The molecule has 7 fully saturated rings. The number of hydrogen-bond acceptors (Lipinski definition) is 24. The number of carbonyl (C=O) groups excluding carboxylic acids is 1. The number of Topliss-reactive ketones (excluding diaryl/α,β-unsaturated/α-hetero) is 1. The maximum Gasteiger partial charge on any atom is 0.187 e. The molecule has 15 N–H and O–H groups in total. The van der Waals surface area contributed by atoms with Crippen LogP contribution < -0.4 is 0 Å². The quantitative estimate of drug-likeness (QED) is 0.0645. The Bertz CT molecular complexity index is 2070. The van der Waals surface area contributed by atoms with Gasteiger partial charge in [0.1, 0.15) is 103 Å². The van der Waals surface area contributed by atoms with E-state index in [9.17, 15) is 76.6 Å². The van der Waals surface area contributed by atoms with E-state index in [-0.39, 0.29) is 41.3 Å². The molecule has 24 nitrogen and oxygen atoms in total. The minimum absolute atomic E-state index is 0.00515. The number of aliphatic hydroxyl groups is 15. The van der Waals surface area contributed by atoms with Crippen LogP contribution >= 0.6 is 0 Å². The molecule has 78 heavy (non-hydrogen) atoms. The smallest absolute Gasteiger partial charge is 0.187 e. The van der Waals surface area contributed by atoms with Crippen LogP contribution in [0, 0.1) is 45.3 Å². The number of ketones is 1. The Kier molecular flexibility index (Phi) is 18.8. The Balaban J connectivity index is 0.941. The molecule has 0 spiro atoms. The molecule has 8 rings (SSSR count). The fourth-order valence-corrected chi connectivity index (χ4v) is 15.3. The van der Waals surface area contributed by atoms with Crippen molar-refractivity contribution >= 4 is 5.78 Å². The van der Waals surface area contributed by atoms with Crippen LogP contribution in [-0.4, -0.2) is 249 Å². The van der Waals surface area contributed by atoms with Crippen molar-refractivity contribution in [3.05, 3.63) is 11.6 Å². The van der Waals surface area contributed by atoms with E-state index in [1.807, 2.05) is 13.8 Å². The average Bonchev–Trinajstić information content (AvgIpc) is 2.93. The summed E-state index contributed by atoms with van der Waals surface area (Å²) in [5.74, 6) is 0.115. The number of carbonyl (C=O) groups is 1. The zero-order valence-corrected chi connectivity index (χ0v) is 46.0. The Morgan fingerprint density at radius 2 is 1.12 bits per heavy atom. The van der Waals surface area contributed by atoms with Crippen LogP contribution in [0.1, 0.15) is 107 Å². The number of ether oxygens (including phenoxy) is 8. The molecule has 3 saturated carbocycles. The largest absolute Gasteiger partial charge is 0.394 e. The summed E-state index contributed by atoms with van der Waals surface area (Å²) in [5, 5.41) is 159. The molecular weight excluding hydrogens is 1030 g/mol. The minimum Gasteiger partial charge on any atom is -0.394 e. The fourth-order valence-electron chi connectivity index (χ4n) is 15.3. The van der Waals surface area contributed by atoms with E-state index >= 15 is 4.79 Å².